The molecule has 28 heavy (non-hydrogen) atoms. The molecular formula is C22H34N4O2. The highest BCUT2D eigenvalue weighted by Crippen LogP contribution is 2.24. The van der Waals surface area contributed by atoms with E-state index in [2.05, 4.69) is 34.6 Å². The van der Waals surface area contributed by atoms with Crippen LogP contribution in [0.3, 0.4) is 0 Å². The van der Waals surface area contributed by atoms with Crippen LogP contribution in [0, 0.1) is 11.8 Å². The molecule has 0 spiro atoms. The van der Waals surface area contributed by atoms with Crippen molar-refractivity contribution >= 4 is 17.5 Å². The van der Waals surface area contributed by atoms with Crippen LogP contribution < -0.4 is 15.5 Å². The van der Waals surface area contributed by atoms with Crippen molar-refractivity contribution in [3.05, 3.63) is 30.3 Å². The van der Waals surface area contributed by atoms with E-state index in [1.165, 1.54) is 5.69 Å². The smallest absolute Gasteiger partial charge is 0.224 e. The first kappa shape index (κ1) is 20.6. The van der Waals surface area contributed by atoms with E-state index in [1.807, 2.05) is 23.1 Å². The number of piperazine rings is 1. The van der Waals surface area contributed by atoms with Gasteiger partial charge < -0.3 is 20.4 Å². The molecule has 1 aromatic rings. The lowest BCUT2D eigenvalue weighted by molar-refractivity contribution is -0.131. The molecule has 2 aliphatic rings. The van der Waals surface area contributed by atoms with Crippen molar-refractivity contribution in [2.24, 2.45) is 11.8 Å². The molecule has 2 heterocycles. The minimum atomic E-state index is 0.0766. The topological polar surface area (TPSA) is 64.7 Å². The standard InChI is InChI=1S/C22H34N4O2/c1-18(19-7-10-23-11-8-19)17-21(27)24-12-9-22(28)26-15-13-25(14-16-26)20-5-3-2-4-6-20/h2-6,18-19,23H,7-17H2,1H3,(H,24,27). The zero-order valence-corrected chi connectivity index (χ0v) is 17.0. The summed E-state index contributed by atoms with van der Waals surface area (Å²) >= 11 is 0. The molecule has 0 aromatic heterocycles. The normalized spacial score (nSPS) is 19.3. The molecule has 6 nitrogen and oxygen atoms in total. The van der Waals surface area contributed by atoms with Crippen molar-refractivity contribution in [2.45, 2.75) is 32.6 Å². The van der Waals surface area contributed by atoms with Crippen LogP contribution in [0.5, 0.6) is 0 Å². The number of rotatable bonds is 7. The largest absolute Gasteiger partial charge is 0.368 e. The fraction of sp³-hybridized carbons (Fsp3) is 0.636. The van der Waals surface area contributed by atoms with Crippen LogP contribution in [-0.2, 0) is 9.59 Å². The Labute approximate surface area is 168 Å². The van der Waals surface area contributed by atoms with Gasteiger partial charge in [-0.25, -0.2) is 0 Å². The first-order valence-electron chi connectivity index (χ1n) is 10.7. The van der Waals surface area contributed by atoms with Gasteiger partial charge in [0.2, 0.25) is 11.8 Å². The third-order valence-electron chi connectivity index (χ3n) is 6.11. The van der Waals surface area contributed by atoms with Crippen molar-refractivity contribution in [1.82, 2.24) is 15.5 Å². The van der Waals surface area contributed by atoms with E-state index < -0.39 is 0 Å². The van der Waals surface area contributed by atoms with E-state index in [0.29, 0.717) is 31.2 Å². The second-order valence-corrected chi connectivity index (χ2v) is 8.07. The van der Waals surface area contributed by atoms with Crippen molar-refractivity contribution in [2.75, 3.05) is 50.7 Å². The van der Waals surface area contributed by atoms with Crippen molar-refractivity contribution < 1.29 is 9.59 Å². The van der Waals surface area contributed by atoms with Crippen LogP contribution in [0.2, 0.25) is 0 Å². The van der Waals surface area contributed by atoms with Gasteiger partial charge in [-0.2, -0.15) is 0 Å². The molecule has 1 atom stereocenters. The van der Waals surface area contributed by atoms with Gasteiger partial charge in [0.05, 0.1) is 0 Å². The summed E-state index contributed by atoms with van der Waals surface area (Å²) in [5, 5.41) is 6.31. The number of nitrogens with zero attached hydrogens (tertiary/aromatic N) is 2. The Bertz CT molecular complexity index is 623. The summed E-state index contributed by atoms with van der Waals surface area (Å²) in [5.41, 5.74) is 1.21. The van der Waals surface area contributed by atoms with Gasteiger partial charge in [-0.1, -0.05) is 25.1 Å². The number of carbonyl (C=O) groups is 2. The molecule has 3 rings (SSSR count). The Kier molecular flexibility index (Phi) is 7.71. The number of hydrogen-bond donors (Lipinski definition) is 2. The van der Waals surface area contributed by atoms with Gasteiger partial charge in [-0.15, -0.1) is 0 Å². The number of para-hydroxylation sites is 1. The highest BCUT2D eigenvalue weighted by Gasteiger charge is 2.23. The van der Waals surface area contributed by atoms with E-state index in [9.17, 15) is 9.59 Å². The minimum Gasteiger partial charge on any atom is -0.368 e. The number of benzene rings is 1. The van der Waals surface area contributed by atoms with Gasteiger partial charge in [-0.3, -0.25) is 9.59 Å². The maximum atomic E-state index is 12.4. The first-order valence-corrected chi connectivity index (χ1v) is 10.7. The molecule has 2 N–H and O–H groups in total. The van der Waals surface area contributed by atoms with Gasteiger partial charge in [0.25, 0.3) is 0 Å². The summed E-state index contributed by atoms with van der Waals surface area (Å²) in [5.74, 6) is 1.26. The average molecular weight is 387 g/mol. The van der Waals surface area contributed by atoms with Gasteiger partial charge in [-0.05, 0) is 49.9 Å². The summed E-state index contributed by atoms with van der Waals surface area (Å²) in [6.07, 6.45) is 3.26. The SMILES string of the molecule is CC(CC(=O)NCCC(=O)N1CCN(c2ccccc2)CC1)C1CCNCC1. The Morgan fingerprint density at radius 2 is 1.79 bits per heavy atom. The van der Waals surface area contributed by atoms with Crippen LogP contribution in [-0.4, -0.2) is 62.5 Å². The van der Waals surface area contributed by atoms with Crippen LogP contribution in [0.1, 0.15) is 32.6 Å². The lowest BCUT2D eigenvalue weighted by atomic mass is 9.84. The molecular weight excluding hydrogens is 352 g/mol. The van der Waals surface area contributed by atoms with Crippen LogP contribution in [0.4, 0.5) is 5.69 Å². The summed E-state index contributed by atoms with van der Waals surface area (Å²) in [6, 6.07) is 10.3. The Balaban J connectivity index is 1.31. The fourth-order valence-corrected chi connectivity index (χ4v) is 4.26. The number of nitrogens with one attached hydrogen (secondary N) is 2. The van der Waals surface area contributed by atoms with E-state index in [-0.39, 0.29) is 11.8 Å². The Morgan fingerprint density at radius 3 is 2.46 bits per heavy atom. The summed E-state index contributed by atoms with van der Waals surface area (Å²) < 4.78 is 0. The van der Waals surface area contributed by atoms with E-state index in [1.54, 1.807) is 0 Å². The highest BCUT2D eigenvalue weighted by molar-refractivity contribution is 5.79. The van der Waals surface area contributed by atoms with Crippen LogP contribution in [0.15, 0.2) is 30.3 Å². The van der Waals surface area contributed by atoms with Gasteiger partial charge in [0.15, 0.2) is 0 Å². The molecule has 1 unspecified atom stereocenters. The van der Waals surface area contributed by atoms with Gasteiger partial charge >= 0.3 is 0 Å². The maximum absolute atomic E-state index is 12.4. The minimum absolute atomic E-state index is 0.0766. The second kappa shape index (κ2) is 10.5. The summed E-state index contributed by atoms with van der Waals surface area (Å²) in [7, 11) is 0. The molecule has 2 saturated heterocycles. The molecule has 0 bridgehead atoms. The highest BCUT2D eigenvalue weighted by atomic mass is 16.2. The zero-order chi connectivity index (χ0) is 19.8. The summed E-state index contributed by atoms with van der Waals surface area (Å²) in [6.45, 7) is 7.93. The monoisotopic (exact) mass is 386 g/mol. The molecule has 2 amide bonds. The number of carbonyl (C=O) groups excluding carboxylic acids is 2. The Morgan fingerprint density at radius 1 is 1.11 bits per heavy atom. The van der Waals surface area contributed by atoms with E-state index in [4.69, 9.17) is 0 Å². The zero-order valence-electron chi connectivity index (χ0n) is 17.0. The number of anilines is 1. The third-order valence-corrected chi connectivity index (χ3v) is 6.11. The van der Waals surface area contributed by atoms with Crippen LogP contribution >= 0.6 is 0 Å². The predicted octanol–water partition coefficient (Wildman–Crippen LogP) is 1.87. The third kappa shape index (κ3) is 5.96. The fourth-order valence-electron chi connectivity index (χ4n) is 4.26. The quantitative estimate of drug-likeness (QED) is 0.751. The lowest BCUT2D eigenvalue weighted by Gasteiger charge is -2.36. The van der Waals surface area contributed by atoms with Gasteiger partial charge in [0.1, 0.15) is 0 Å². The molecule has 0 aliphatic carbocycles. The average Bonchev–Trinajstić information content (AvgIpc) is 2.75. The second-order valence-electron chi connectivity index (χ2n) is 8.07. The molecule has 154 valence electrons. The molecule has 2 fully saturated rings. The predicted molar refractivity (Wildman–Crippen MR) is 112 cm³/mol. The number of amides is 2. The van der Waals surface area contributed by atoms with Crippen molar-refractivity contribution in [3.8, 4) is 0 Å². The lowest BCUT2D eigenvalue weighted by Crippen LogP contribution is -2.49. The van der Waals surface area contributed by atoms with Crippen molar-refractivity contribution in [3.63, 3.8) is 0 Å². The molecule has 0 radical (unpaired) electrons. The maximum Gasteiger partial charge on any atom is 0.224 e. The number of hydrogen-bond acceptors (Lipinski definition) is 4. The molecule has 0 saturated carbocycles. The molecule has 2 aliphatic heterocycles. The first-order chi connectivity index (χ1) is 13.6. The van der Waals surface area contributed by atoms with Crippen LogP contribution in [0.25, 0.3) is 0 Å². The van der Waals surface area contributed by atoms with E-state index >= 15 is 0 Å². The molecule has 1 aromatic carbocycles. The van der Waals surface area contributed by atoms with Gasteiger partial charge in [0, 0.05) is 51.3 Å². The summed E-state index contributed by atoms with van der Waals surface area (Å²) in [4.78, 5) is 28.9. The molecule has 6 heteroatoms. The van der Waals surface area contributed by atoms with Crippen molar-refractivity contribution in [1.29, 1.82) is 0 Å². The Hall–Kier alpha value is -2.08. The van der Waals surface area contributed by atoms with E-state index in [0.717, 1.165) is 52.1 Å². The number of piperidine rings is 1.